The zero-order chi connectivity index (χ0) is 41.7. The molecule has 6 rings (SSSR count). The lowest BCUT2D eigenvalue weighted by Gasteiger charge is -2.16. The highest BCUT2D eigenvalue weighted by atomic mass is 16.5. The van der Waals surface area contributed by atoms with Gasteiger partial charge in [0.25, 0.3) is 5.91 Å². The Morgan fingerprint density at radius 3 is 2.37 bits per heavy atom. The molecule has 0 aliphatic heterocycles. The van der Waals surface area contributed by atoms with E-state index in [-0.39, 0.29) is 5.91 Å². The molecule has 0 saturated heterocycles. The minimum Gasteiger partial charge on any atom is -0.494 e. The molecule has 2 aliphatic carbocycles. The number of amides is 1. The normalized spacial score (nSPS) is 13.5. The van der Waals surface area contributed by atoms with Crippen LogP contribution in [0.2, 0.25) is 0 Å². The topological polar surface area (TPSA) is 128 Å². The lowest BCUT2D eigenvalue weighted by Crippen LogP contribution is -2.27. The Morgan fingerprint density at radius 1 is 0.881 bits per heavy atom. The number of nitrogens with one attached hydrogen (secondary N) is 1. The van der Waals surface area contributed by atoms with Crippen LogP contribution in [0.1, 0.15) is 46.1 Å². The molecule has 11 heteroatoms. The lowest BCUT2D eigenvalue weighted by molar-refractivity contribution is 0.0511. The number of allylic oxidation sites excluding steroid dienone is 9. The maximum absolute atomic E-state index is 13.1. The fraction of sp³-hybridized carbons (Fsp3) is 0.292. The second-order valence-electron chi connectivity index (χ2n) is 14.0. The highest BCUT2D eigenvalue weighted by Crippen LogP contribution is 2.42. The Balaban J connectivity index is 1.42. The largest absolute Gasteiger partial charge is 0.494 e. The van der Waals surface area contributed by atoms with Crippen molar-refractivity contribution in [3.8, 4) is 34.1 Å². The molecule has 4 aromatic rings. The Morgan fingerprint density at radius 2 is 1.64 bits per heavy atom. The third kappa shape index (κ3) is 10.1. The molecule has 0 saturated carbocycles. The minimum atomic E-state index is -0.174. The Bertz CT molecular complexity index is 2300. The summed E-state index contributed by atoms with van der Waals surface area (Å²) in [6.45, 7) is 9.09. The van der Waals surface area contributed by atoms with Crippen molar-refractivity contribution < 1.29 is 33.2 Å². The molecule has 308 valence electrons. The molecule has 0 fully saturated rings. The molecule has 0 bridgehead atoms. The van der Waals surface area contributed by atoms with Gasteiger partial charge < -0.3 is 44.0 Å². The summed E-state index contributed by atoms with van der Waals surface area (Å²) in [6, 6.07) is 20.2. The van der Waals surface area contributed by atoms with Gasteiger partial charge in [0, 0.05) is 36.3 Å². The Kier molecular flexibility index (Phi) is 14.8. The van der Waals surface area contributed by atoms with Crippen LogP contribution in [0.25, 0.3) is 33.8 Å². The highest BCUT2D eigenvalue weighted by molar-refractivity contribution is 5.94. The van der Waals surface area contributed by atoms with Crippen LogP contribution >= 0.6 is 0 Å². The number of methoxy groups -OCH3 is 4. The number of nitrogens with zero attached hydrogens (tertiary/aromatic N) is 2. The number of benzene rings is 3. The van der Waals surface area contributed by atoms with E-state index < -0.39 is 0 Å². The SMILES string of the molecule is C=C(OC)/C(=C\C=C(/C)c1nc(-c2ccc3c(c2)C2=C(C=CC=CC2)C3)n(Cc2ccc(C(=O)NCCOCCOCCN)cc2)c1-c1ccc(OC)c(OC)c1)OC. The summed E-state index contributed by atoms with van der Waals surface area (Å²) in [4.78, 5) is 18.5. The van der Waals surface area contributed by atoms with Crippen LogP contribution in [0.5, 0.6) is 11.5 Å². The maximum atomic E-state index is 13.1. The smallest absolute Gasteiger partial charge is 0.251 e. The van der Waals surface area contributed by atoms with Gasteiger partial charge in [0.1, 0.15) is 5.82 Å². The van der Waals surface area contributed by atoms with Crippen molar-refractivity contribution in [3.63, 3.8) is 0 Å². The Labute approximate surface area is 347 Å². The number of rotatable bonds is 20. The van der Waals surface area contributed by atoms with E-state index in [1.54, 1.807) is 28.4 Å². The van der Waals surface area contributed by atoms with Crippen LogP contribution in [0.15, 0.2) is 121 Å². The highest BCUT2D eigenvalue weighted by Gasteiger charge is 2.26. The molecule has 59 heavy (non-hydrogen) atoms. The zero-order valence-electron chi connectivity index (χ0n) is 34.6. The second kappa shape index (κ2) is 20.5. The van der Waals surface area contributed by atoms with Crippen molar-refractivity contribution in [2.24, 2.45) is 5.73 Å². The van der Waals surface area contributed by atoms with Crippen molar-refractivity contribution in [1.82, 2.24) is 14.9 Å². The predicted octanol–water partition coefficient (Wildman–Crippen LogP) is 7.92. The van der Waals surface area contributed by atoms with Crippen molar-refractivity contribution >= 4 is 17.1 Å². The van der Waals surface area contributed by atoms with Gasteiger partial charge in [0.15, 0.2) is 23.0 Å². The van der Waals surface area contributed by atoms with Crippen molar-refractivity contribution in [1.29, 1.82) is 0 Å². The number of ether oxygens (including phenoxy) is 6. The van der Waals surface area contributed by atoms with E-state index in [2.05, 4.69) is 59.0 Å². The van der Waals surface area contributed by atoms with Gasteiger partial charge in [-0.3, -0.25) is 4.79 Å². The quantitative estimate of drug-likeness (QED) is 0.0521. The maximum Gasteiger partial charge on any atom is 0.251 e. The summed E-state index contributed by atoms with van der Waals surface area (Å²) in [6.07, 6.45) is 14.2. The van der Waals surface area contributed by atoms with Crippen molar-refractivity contribution in [2.75, 3.05) is 68.0 Å². The van der Waals surface area contributed by atoms with E-state index in [0.717, 1.165) is 52.3 Å². The molecule has 3 N–H and O–H groups in total. The van der Waals surface area contributed by atoms with Gasteiger partial charge in [-0.05, 0) is 95.6 Å². The van der Waals surface area contributed by atoms with Gasteiger partial charge >= 0.3 is 0 Å². The van der Waals surface area contributed by atoms with Gasteiger partial charge in [-0.25, -0.2) is 4.98 Å². The summed E-state index contributed by atoms with van der Waals surface area (Å²) in [5.41, 5.74) is 16.6. The van der Waals surface area contributed by atoms with Gasteiger partial charge in [0.05, 0.1) is 66.3 Å². The van der Waals surface area contributed by atoms with E-state index in [1.807, 2.05) is 61.5 Å². The number of carbonyl (C=O) groups excluding carboxylic acids is 1. The number of nitrogens with two attached hydrogens (primary N) is 1. The summed E-state index contributed by atoms with van der Waals surface area (Å²) < 4.78 is 35.5. The number of carbonyl (C=O) groups is 1. The molecular weight excluding hydrogens is 745 g/mol. The molecule has 1 heterocycles. The van der Waals surface area contributed by atoms with Crippen LogP contribution in [0, 0.1) is 0 Å². The van der Waals surface area contributed by atoms with Crippen LogP contribution in [0.4, 0.5) is 0 Å². The Hall–Kier alpha value is -6.14. The second-order valence-corrected chi connectivity index (χ2v) is 14.0. The first-order valence-corrected chi connectivity index (χ1v) is 19.7. The van der Waals surface area contributed by atoms with Gasteiger partial charge in [-0.2, -0.15) is 0 Å². The van der Waals surface area contributed by atoms with Crippen LogP contribution in [-0.4, -0.2) is 83.4 Å². The number of aromatic nitrogens is 2. The van der Waals surface area contributed by atoms with E-state index in [1.165, 1.54) is 22.3 Å². The van der Waals surface area contributed by atoms with Gasteiger partial charge in [0.2, 0.25) is 0 Å². The average molecular weight is 799 g/mol. The standard InChI is InChI=1S/C48H54N4O7/c1-32(12-20-42(55-4)33(2)54-3)45-46(38-19-21-43(56-5)44(30-38)57-6)52(31-34-13-15-35(16-14-34)48(53)50-23-25-59-27-26-58-24-22-49)47(51-45)39-18-17-37-28-36-10-8-7-9-11-40(36)41(37)29-39/h7-10,12-21,29-30H,2,11,22-28,31,49H2,1,3-6H3,(H,50,53)/b32-12+,42-20+. The molecule has 0 atom stereocenters. The molecule has 0 spiro atoms. The van der Waals surface area contributed by atoms with E-state index >= 15 is 0 Å². The van der Waals surface area contributed by atoms with Crippen LogP contribution < -0.4 is 20.5 Å². The molecule has 0 unspecified atom stereocenters. The van der Waals surface area contributed by atoms with Crippen LogP contribution in [-0.2, 0) is 31.9 Å². The third-order valence-corrected chi connectivity index (χ3v) is 10.3. The molecule has 1 amide bonds. The van der Waals surface area contributed by atoms with Crippen LogP contribution in [0.3, 0.4) is 0 Å². The fourth-order valence-electron chi connectivity index (χ4n) is 7.19. The first-order valence-electron chi connectivity index (χ1n) is 19.7. The third-order valence-electron chi connectivity index (χ3n) is 10.3. The van der Waals surface area contributed by atoms with Crippen molar-refractivity contribution in [3.05, 3.63) is 149 Å². The number of hydrogen-bond acceptors (Lipinski definition) is 9. The van der Waals surface area contributed by atoms with Gasteiger partial charge in [-0.1, -0.05) is 61.2 Å². The number of hydrogen-bond donors (Lipinski definition) is 2. The zero-order valence-corrected chi connectivity index (χ0v) is 34.6. The summed E-state index contributed by atoms with van der Waals surface area (Å²) in [7, 11) is 6.40. The molecule has 11 nitrogen and oxygen atoms in total. The van der Waals surface area contributed by atoms with E-state index in [4.69, 9.17) is 39.1 Å². The van der Waals surface area contributed by atoms with Gasteiger partial charge in [-0.15, -0.1) is 0 Å². The molecule has 1 aromatic heterocycles. The number of fused-ring (bicyclic) bond motifs is 2. The molecule has 0 radical (unpaired) electrons. The monoisotopic (exact) mass is 798 g/mol. The summed E-state index contributed by atoms with van der Waals surface area (Å²) in [5.74, 6) is 2.74. The predicted molar refractivity (Wildman–Crippen MR) is 233 cm³/mol. The van der Waals surface area contributed by atoms with E-state index in [9.17, 15) is 4.79 Å². The first-order chi connectivity index (χ1) is 28.8. The molecular formula is C48H54N4O7. The van der Waals surface area contributed by atoms with Crippen molar-refractivity contribution in [2.45, 2.75) is 26.3 Å². The fourth-order valence-corrected chi connectivity index (χ4v) is 7.19. The molecule has 2 aliphatic rings. The average Bonchev–Trinajstić information content (AvgIpc) is 3.71. The minimum absolute atomic E-state index is 0.174. The number of imidazole rings is 1. The summed E-state index contributed by atoms with van der Waals surface area (Å²) in [5, 5.41) is 2.94. The van der Waals surface area contributed by atoms with E-state index in [0.29, 0.717) is 74.6 Å². The lowest BCUT2D eigenvalue weighted by atomic mass is 9.99. The first kappa shape index (κ1) is 42.5. The molecule has 3 aromatic carbocycles. The summed E-state index contributed by atoms with van der Waals surface area (Å²) >= 11 is 0.